The molecule has 0 spiro atoms. The van der Waals surface area contributed by atoms with Crippen LogP contribution in [0.4, 0.5) is 10.6 Å². The molecule has 1 aromatic rings. The maximum atomic E-state index is 13.3. The van der Waals surface area contributed by atoms with Gasteiger partial charge in [0.1, 0.15) is 0 Å². The van der Waals surface area contributed by atoms with Gasteiger partial charge in [0.05, 0.1) is 35.2 Å². The molecule has 1 atom stereocenters. The number of aromatic nitrogens is 2. The largest absolute Gasteiger partial charge is 0.394 e. The van der Waals surface area contributed by atoms with Crippen LogP contribution in [0.1, 0.15) is 76.5 Å². The molecule has 0 radical (unpaired) electrons. The van der Waals surface area contributed by atoms with Gasteiger partial charge >= 0.3 is 6.03 Å². The summed E-state index contributed by atoms with van der Waals surface area (Å²) in [6.07, 6.45) is 15.2. The number of carbonyl (C=O) groups is 2. The van der Waals surface area contributed by atoms with Crippen molar-refractivity contribution >= 4 is 27.8 Å². The number of nitrogens with zero attached hydrogens (tertiary/aromatic N) is 2. The fraction of sp³-hybridized carbons (Fsp3) is 0.792. The Balaban J connectivity index is 1.48. The molecule has 33 heavy (non-hydrogen) atoms. The molecular formula is C24H41N5O3S. The Labute approximate surface area is 199 Å². The lowest BCUT2D eigenvalue weighted by Crippen LogP contribution is -2.52. The van der Waals surface area contributed by atoms with Gasteiger partial charge < -0.3 is 20.6 Å². The van der Waals surface area contributed by atoms with E-state index < -0.39 is 15.6 Å². The van der Waals surface area contributed by atoms with Crippen molar-refractivity contribution in [1.82, 2.24) is 20.4 Å². The van der Waals surface area contributed by atoms with Crippen LogP contribution in [0.5, 0.6) is 0 Å². The van der Waals surface area contributed by atoms with Crippen molar-refractivity contribution in [2.75, 3.05) is 30.7 Å². The number of aliphatic hydroxyl groups excluding tert-OH is 1. The number of rotatable bonds is 6. The molecule has 1 aliphatic heterocycles. The van der Waals surface area contributed by atoms with Gasteiger partial charge in [0, 0.05) is 5.56 Å². The topological polar surface area (TPSA) is 110 Å². The lowest BCUT2D eigenvalue weighted by molar-refractivity contribution is -0.120. The molecule has 2 fully saturated rings. The van der Waals surface area contributed by atoms with Crippen molar-refractivity contribution in [3.8, 4) is 0 Å². The first-order valence-corrected chi connectivity index (χ1v) is 15.1. The van der Waals surface area contributed by atoms with Crippen molar-refractivity contribution in [3.05, 3.63) is 11.3 Å². The standard InChI is InChI=1S/C24H41N5O3S/c1-23(2)19-17(14-29(23)22(32)25-18(15-30)16-10-7-6-8-11-16)20(28-27-19)26-21(31)24(12-9-13-24)33(3,4)5/h16,18,30H,6-15H2,1-5H3,(H,25,32)(H2,26,27,28,31). The molecule has 2 heterocycles. The summed E-state index contributed by atoms with van der Waals surface area (Å²) in [7, 11) is -1.07. The van der Waals surface area contributed by atoms with E-state index in [1.54, 1.807) is 4.90 Å². The van der Waals surface area contributed by atoms with Crippen LogP contribution in [0.15, 0.2) is 0 Å². The summed E-state index contributed by atoms with van der Waals surface area (Å²) in [5, 5.41) is 23.7. The number of nitrogens with one attached hydrogen (secondary N) is 3. The zero-order valence-corrected chi connectivity index (χ0v) is 21.6. The fourth-order valence-electron chi connectivity index (χ4n) is 5.87. The Bertz CT molecular complexity index is 896. The Morgan fingerprint density at radius 2 is 1.85 bits per heavy atom. The highest BCUT2D eigenvalue weighted by Gasteiger charge is 2.51. The first kappa shape index (κ1) is 24.4. The van der Waals surface area contributed by atoms with Crippen molar-refractivity contribution < 1.29 is 14.7 Å². The molecule has 3 aliphatic rings. The molecule has 1 aromatic heterocycles. The number of urea groups is 1. The summed E-state index contributed by atoms with van der Waals surface area (Å²) < 4.78 is -0.293. The molecule has 9 heteroatoms. The van der Waals surface area contributed by atoms with Gasteiger partial charge in [0.15, 0.2) is 5.82 Å². The fourth-order valence-corrected chi connectivity index (χ4v) is 7.99. The van der Waals surface area contributed by atoms with E-state index in [4.69, 9.17) is 0 Å². The van der Waals surface area contributed by atoms with Gasteiger partial charge in [-0.3, -0.25) is 9.89 Å². The summed E-state index contributed by atoms with van der Waals surface area (Å²) in [6.45, 7) is 4.31. The van der Waals surface area contributed by atoms with Crippen LogP contribution in [0, 0.1) is 5.92 Å². The minimum atomic E-state index is -1.07. The molecule has 0 aromatic carbocycles. The zero-order chi connectivity index (χ0) is 24.0. The van der Waals surface area contributed by atoms with Crippen LogP contribution >= 0.6 is 10.0 Å². The molecule has 0 bridgehead atoms. The van der Waals surface area contributed by atoms with E-state index in [9.17, 15) is 14.7 Å². The summed E-state index contributed by atoms with van der Waals surface area (Å²) >= 11 is 0. The van der Waals surface area contributed by atoms with Crippen LogP contribution in [-0.4, -0.2) is 68.3 Å². The van der Waals surface area contributed by atoms with Crippen LogP contribution in [0.2, 0.25) is 0 Å². The predicted octanol–water partition coefficient (Wildman–Crippen LogP) is 3.67. The lowest BCUT2D eigenvalue weighted by Gasteiger charge is -2.53. The number of carbonyl (C=O) groups excluding carboxylic acids is 2. The molecule has 3 amide bonds. The lowest BCUT2D eigenvalue weighted by atomic mass is 9.83. The quantitative estimate of drug-likeness (QED) is 0.499. The van der Waals surface area contributed by atoms with Crippen LogP contribution in [0.25, 0.3) is 0 Å². The van der Waals surface area contributed by atoms with E-state index in [1.165, 1.54) is 6.42 Å². The number of aliphatic hydroxyl groups is 1. The number of amides is 3. The number of fused-ring (bicyclic) bond motifs is 1. The minimum absolute atomic E-state index is 0.0456. The van der Waals surface area contributed by atoms with Gasteiger partial charge in [-0.1, -0.05) is 19.3 Å². The highest BCUT2D eigenvalue weighted by molar-refractivity contribution is 8.33. The second-order valence-corrected chi connectivity index (χ2v) is 15.8. The van der Waals surface area contributed by atoms with Crippen molar-refractivity contribution in [3.63, 3.8) is 0 Å². The summed E-state index contributed by atoms with van der Waals surface area (Å²) in [4.78, 5) is 28.4. The summed E-state index contributed by atoms with van der Waals surface area (Å²) in [5.41, 5.74) is 1.14. The molecule has 2 saturated carbocycles. The summed E-state index contributed by atoms with van der Waals surface area (Å²) in [6, 6.07) is -0.404. The predicted molar refractivity (Wildman–Crippen MR) is 134 cm³/mol. The van der Waals surface area contributed by atoms with E-state index >= 15 is 0 Å². The SMILES string of the molecule is CC1(C)c2[nH]nc(NC(=O)C3(S(C)(C)C)CCC3)c2CN1C(=O)NC(CO)C1CCCCC1. The Morgan fingerprint density at radius 1 is 1.18 bits per heavy atom. The monoisotopic (exact) mass is 479 g/mol. The number of anilines is 1. The number of aromatic amines is 1. The number of hydrogen-bond donors (Lipinski definition) is 4. The van der Waals surface area contributed by atoms with E-state index in [2.05, 4.69) is 39.6 Å². The molecule has 8 nitrogen and oxygen atoms in total. The molecule has 2 aliphatic carbocycles. The van der Waals surface area contributed by atoms with Crippen molar-refractivity contribution in [2.24, 2.45) is 5.92 Å². The van der Waals surface area contributed by atoms with Gasteiger partial charge in [0.25, 0.3) is 0 Å². The zero-order valence-electron chi connectivity index (χ0n) is 20.8. The average molecular weight is 480 g/mol. The molecule has 0 saturated heterocycles. The van der Waals surface area contributed by atoms with Crippen LogP contribution < -0.4 is 10.6 Å². The number of H-pyrrole nitrogens is 1. The molecule has 4 N–H and O–H groups in total. The van der Waals surface area contributed by atoms with Crippen LogP contribution in [0.3, 0.4) is 0 Å². The second kappa shape index (κ2) is 8.80. The van der Waals surface area contributed by atoms with Gasteiger partial charge in [0.2, 0.25) is 5.91 Å². The molecular weight excluding hydrogens is 438 g/mol. The smallest absolute Gasteiger partial charge is 0.318 e. The third-order valence-corrected chi connectivity index (χ3v) is 11.4. The highest BCUT2D eigenvalue weighted by Crippen LogP contribution is 2.60. The van der Waals surface area contributed by atoms with E-state index in [-0.39, 0.29) is 29.3 Å². The maximum absolute atomic E-state index is 13.3. The first-order valence-electron chi connectivity index (χ1n) is 12.3. The molecule has 186 valence electrons. The molecule has 4 rings (SSSR count). The maximum Gasteiger partial charge on any atom is 0.318 e. The first-order chi connectivity index (χ1) is 15.5. The Hall–Kier alpha value is -1.74. The van der Waals surface area contributed by atoms with Gasteiger partial charge in [-0.05, 0) is 70.6 Å². The van der Waals surface area contributed by atoms with Gasteiger partial charge in [-0.2, -0.15) is 5.10 Å². The van der Waals surface area contributed by atoms with Gasteiger partial charge in [-0.15, -0.1) is 0 Å². The van der Waals surface area contributed by atoms with E-state index in [0.717, 1.165) is 56.2 Å². The average Bonchev–Trinajstić information content (AvgIpc) is 3.23. The Kier molecular flexibility index (Phi) is 6.50. The second-order valence-electron chi connectivity index (χ2n) is 11.3. The summed E-state index contributed by atoms with van der Waals surface area (Å²) in [5.74, 6) is 0.925. The van der Waals surface area contributed by atoms with Crippen molar-refractivity contribution in [2.45, 2.75) is 88.1 Å². The minimum Gasteiger partial charge on any atom is -0.394 e. The third kappa shape index (κ3) is 4.16. The van der Waals surface area contributed by atoms with E-state index in [1.807, 2.05) is 13.8 Å². The van der Waals surface area contributed by atoms with Gasteiger partial charge in [-0.25, -0.2) is 14.8 Å². The third-order valence-electron chi connectivity index (χ3n) is 8.42. The normalized spacial score (nSPS) is 23.4. The molecule has 1 unspecified atom stereocenters. The highest BCUT2D eigenvalue weighted by atomic mass is 32.3. The Morgan fingerprint density at radius 3 is 2.39 bits per heavy atom. The van der Waals surface area contributed by atoms with E-state index in [0.29, 0.717) is 18.3 Å². The van der Waals surface area contributed by atoms with Crippen molar-refractivity contribution in [1.29, 1.82) is 0 Å². The van der Waals surface area contributed by atoms with Crippen LogP contribution in [-0.2, 0) is 16.9 Å². The number of hydrogen-bond acceptors (Lipinski definition) is 4.